The maximum atomic E-state index is 13.3. The first kappa shape index (κ1) is 18.4. The van der Waals surface area contributed by atoms with Crippen LogP contribution in [0.25, 0.3) is 16.8 Å². The van der Waals surface area contributed by atoms with Gasteiger partial charge in [-0.3, -0.25) is 9.59 Å². The van der Waals surface area contributed by atoms with Crippen LogP contribution >= 0.6 is 0 Å². The summed E-state index contributed by atoms with van der Waals surface area (Å²) in [5.41, 5.74) is 1.89. The van der Waals surface area contributed by atoms with Crippen molar-refractivity contribution in [1.82, 2.24) is 0 Å². The summed E-state index contributed by atoms with van der Waals surface area (Å²) in [6, 6.07) is 26.8. The third-order valence-electron chi connectivity index (χ3n) is 4.81. The topological polar surface area (TPSA) is 54.4 Å². The van der Waals surface area contributed by atoms with Gasteiger partial charge in [-0.15, -0.1) is 0 Å². The summed E-state index contributed by atoms with van der Waals surface area (Å²) in [7, 11) is 0. The van der Waals surface area contributed by atoms with Gasteiger partial charge in [0.05, 0.1) is 5.56 Å². The van der Waals surface area contributed by atoms with E-state index in [1.165, 1.54) is 12.1 Å². The molecule has 0 aliphatic carbocycles. The minimum Gasteiger partial charge on any atom is -0.507 e. The number of carbonyl (C=O) groups is 2. The van der Waals surface area contributed by atoms with Gasteiger partial charge >= 0.3 is 0 Å². The average molecular weight is 378 g/mol. The van der Waals surface area contributed by atoms with Crippen molar-refractivity contribution in [3.63, 3.8) is 0 Å². The fourth-order valence-electron chi connectivity index (χ4n) is 3.35. The molecule has 0 saturated carbocycles. The van der Waals surface area contributed by atoms with Gasteiger partial charge in [0.15, 0.2) is 11.6 Å². The highest BCUT2D eigenvalue weighted by Crippen LogP contribution is 2.30. The standard InChI is InChI=1S/C26H18O3/c27-23(20-10-2-1-3-11-20)16-14-19-9-5-7-13-22(19)26(29)25-21-12-6-4-8-18(21)15-17-24(25)28/h1-17,28H. The van der Waals surface area contributed by atoms with E-state index in [1.54, 1.807) is 42.5 Å². The number of ketones is 2. The molecule has 140 valence electrons. The molecule has 0 amide bonds. The van der Waals surface area contributed by atoms with Gasteiger partial charge in [-0.05, 0) is 28.5 Å². The highest BCUT2D eigenvalue weighted by Gasteiger charge is 2.19. The van der Waals surface area contributed by atoms with Crippen molar-refractivity contribution < 1.29 is 14.7 Å². The molecule has 0 atom stereocenters. The number of phenolic OH excluding ortho intramolecular Hbond substituents is 1. The highest BCUT2D eigenvalue weighted by atomic mass is 16.3. The zero-order valence-corrected chi connectivity index (χ0v) is 15.6. The van der Waals surface area contributed by atoms with Gasteiger partial charge in [0.2, 0.25) is 0 Å². The van der Waals surface area contributed by atoms with Crippen LogP contribution in [0.5, 0.6) is 5.75 Å². The molecule has 0 aromatic heterocycles. The number of fused-ring (bicyclic) bond motifs is 1. The van der Waals surface area contributed by atoms with Crippen molar-refractivity contribution in [1.29, 1.82) is 0 Å². The Hall–Kier alpha value is -3.98. The van der Waals surface area contributed by atoms with Crippen molar-refractivity contribution in [2.24, 2.45) is 0 Å². The fraction of sp³-hybridized carbons (Fsp3) is 0. The summed E-state index contributed by atoms with van der Waals surface area (Å²) >= 11 is 0. The number of phenols is 1. The first-order valence-corrected chi connectivity index (χ1v) is 9.27. The zero-order valence-electron chi connectivity index (χ0n) is 15.6. The molecule has 0 saturated heterocycles. The van der Waals surface area contributed by atoms with Crippen LogP contribution in [0.4, 0.5) is 0 Å². The quantitative estimate of drug-likeness (QED) is 0.359. The Morgan fingerprint density at radius 3 is 2.24 bits per heavy atom. The Labute approximate surface area is 168 Å². The third-order valence-corrected chi connectivity index (χ3v) is 4.81. The molecule has 0 radical (unpaired) electrons. The van der Waals surface area contributed by atoms with Gasteiger partial charge in [0, 0.05) is 11.1 Å². The van der Waals surface area contributed by atoms with E-state index >= 15 is 0 Å². The molecule has 3 nitrogen and oxygen atoms in total. The molecular formula is C26H18O3. The summed E-state index contributed by atoms with van der Waals surface area (Å²) in [5.74, 6) is -0.486. The monoisotopic (exact) mass is 378 g/mol. The molecule has 29 heavy (non-hydrogen) atoms. The van der Waals surface area contributed by atoms with Crippen LogP contribution in [0.2, 0.25) is 0 Å². The number of aromatic hydroxyl groups is 1. The molecule has 0 bridgehead atoms. The second-order valence-electron chi connectivity index (χ2n) is 6.66. The Kier molecular flexibility index (Phi) is 5.04. The first-order valence-electron chi connectivity index (χ1n) is 9.27. The first-order chi connectivity index (χ1) is 14.1. The molecule has 0 spiro atoms. The van der Waals surface area contributed by atoms with E-state index in [-0.39, 0.29) is 22.9 Å². The lowest BCUT2D eigenvalue weighted by Crippen LogP contribution is -2.05. The van der Waals surface area contributed by atoms with Crippen LogP contribution < -0.4 is 0 Å². The lowest BCUT2D eigenvalue weighted by atomic mass is 9.93. The third kappa shape index (κ3) is 3.71. The number of benzene rings is 4. The van der Waals surface area contributed by atoms with E-state index in [9.17, 15) is 14.7 Å². The van der Waals surface area contributed by atoms with Gasteiger partial charge < -0.3 is 5.11 Å². The molecule has 0 unspecified atom stereocenters. The van der Waals surface area contributed by atoms with Crippen LogP contribution in [0.15, 0.2) is 97.1 Å². The minimum atomic E-state index is -0.285. The van der Waals surface area contributed by atoms with E-state index in [2.05, 4.69) is 0 Å². The molecule has 4 aromatic rings. The zero-order chi connectivity index (χ0) is 20.2. The van der Waals surface area contributed by atoms with Crippen LogP contribution in [0, 0.1) is 0 Å². The van der Waals surface area contributed by atoms with Crippen molar-refractivity contribution in [3.05, 3.63) is 119 Å². The second kappa shape index (κ2) is 7.95. The van der Waals surface area contributed by atoms with Crippen LogP contribution in [0.1, 0.15) is 31.8 Å². The number of carbonyl (C=O) groups excluding carboxylic acids is 2. The van der Waals surface area contributed by atoms with E-state index in [4.69, 9.17) is 0 Å². The van der Waals surface area contributed by atoms with E-state index in [1.807, 2.05) is 48.5 Å². The molecular weight excluding hydrogens is 360 g/mol. The summed E-state index contributed by atoms with van der Waals surface area (Å²) < 4.78 is 0. The highest BCUT2D eigenvalue weighted by molar-refractivity contribution is 6.19. The van der Waals surface area contributed by atoms with Gasteiger partial charge in [0.25, 0.3) is 0 Å². The molecule has 0 heterocycles. The smallest absolute Gasteiger partial charge is 0.197 e. The Balaban J connectivity index is 1.74. The number of hydrogen-bond donors (Lipinski definition) is 1. The fourth-order valence-corrected chi connectivity index (χ4v) is 3.35. The molecule has 3 heteroatoms. The van der Waals surface area contributed by atoms with Crippen LogP contribution in [-0.2, 0) is 0 Å². The maximum absolute atomic E-state index is 13.3. The molecule has 0 aliphatic heterocycles. The number of hydrogen-bond acceptors (Lipinski definition) is 3. The van der Waals surface area contributed by atoms with Crippen molar-refractivity contribution >= 4 is 28.4 Å². The largest absolute Gasteiger partial charge is 0.507 e. The molecule has 0 fully saturated rings. The summed E-state index contributed by atoms with van der Waals surface area (Å²) in [5, 5.41) is 12.0. The normalized spacial score (nSPS) is 11.0. The molecule has 1 N–H and O–H groups in total. The van der Waals surface area contributed by atoms with Crippen LogP contribution in [-0.4, -0.2) is 16.7 Å². The summed E-state index contributed by atoms with van der Waals surface area (Å²) in [6.07, 6.45) is 3.11. The predicted molar refractivity (Wildman–Crippen MR) is 115 cm³/mol. The Morgan fingerprint density at radius 2 is 1.41 bits per heavy atom. The van der Waals surface area contributed by atoms with Gasteiger partial charge in [-0.1, -0.05) is 91.0 Å². The molecule has 0 aliphatic rings. The van der Waals surface area contributed by atoms with Gasteiger partial charge in [0.1, 0.15) is 5.75 Å². The lowest BCUT2D eigenvalue weighted by Gasteiger charge is -2.10. The number of rotatable bonds is 5. The predicted octanol–water partition coefficient (Wildman–Crippen LogP) is 5.67. The second-order valence-corrected chi connectivity index (χ2v) is 6.66. The van der Waals surface area contributed by atoms with Crippen molar-refractivity contribution in [2.75, 3.05) is 0 Å². The minimum absolute atomic E-state index is 0.0622. The summed E-state index contributed by atoms with van der Waals surface area (Å²) in [4.78, 5) is 25.7. The SMILES string of the molecule is O=C(C=Cc1ccccc1C(=O)c1c(O)ccc2ccccc12)c1ccccc1. The Morgan fingerprint density at radius 1 is 0.724 bits per heavy atom. The lowest BCUT2D eigenvalue weighted by molar-refractivity contribution is 0.103. The van der Waals surface area contributed by atoms with Crippen molar-refractivity contribution in [2.45, 2.75) is 0 Å². The molecule has 4 rings (SSSR count). The maximum Gasteiger partial charge on any atom is 0.197 e. The van der Waals surface area contributed by atoms with Crippen LogP contribution in [0.3, 0.4) is 0 Å². The number of allylic oxidation sites excluding steroid dienone is 1. The van der Waals surface area contributed by atoms with E-state index in [0.717, 1.165) is 5.39 Å². The average Bonchev–Trinajstić information content (AvgIpc) is 2.78. The van der Waals surface area contributed by atoms with Gasteiger partial charge in [-0.2, -0.15) is 0 Å². The van der Waals surface area contributed by atoms with Gasteiger partial charge in [-0.25, -0.2) is 0 Å². The van der Waals surface area contributed by atoms with Crippen molar-refractivity contribution in [3.8, 4) is 5.75 Å². The van der Waals surface area contributed by atoms with E-state index in [0.29, 0.717) is 22.1 Å². The van der Waals surface area contributed by atoms with E-state index < -0.39 is 0 Å². The molecule has 4 aromatic carbocycles. The Bertz CT molecular complexity index is 1240. The summed E-state index contributed by atoms with van der Waals surface area (Å²) in [6.45, 7) is 0.